The first kappa shape index (κ1) is 20.9. The molecule has 0 spiro atoms. The fraction of sp³-hybridized carbons (Fsp3) is 0.480. The Kier molecular flexibility index (Phi) is 5.35. The number of rotatable bonds is 6. The number of aryl methyl sites for hydroxylation is 3. The molecule has 168 valence electrons. The standard InChI is InChI=1S/C25H30FN5O/c1-4-10-31-14-20(13-28-31)21-15-30(16-25(26)8-6-5-7-9-25)22-11-19(12-27-24(21)22)23-17(2)29-32-18(23)3/h11-15H,4-10,16H2,1-3H3. The van der Waals surface area contributed by atoms with Crippen molar-refractivity contribution in [2.75, 3.05) is 0 Å². The quantitative estimate of drug-likeness (QED) is 0.359. The summed E-state index contributed by atoms with van der Waals surface area (Å²) < 4.78 is 25.1. The van der Waals surface area contributed by atoms with Crippen LogP contribution < -0.4 is 0 Å². The number of alkyl halides is 1. The number of aromatic nitrogens is 5. The highest BCUT2D eigenvalue weighted by atomic mass is 19.1. The van der Waals surface area contributed by atoms with Crippen molar-refractivity contribution in [3.05, 3.63) is 42.3 Å². The number of pyridine rings is 1. The number of nitrogens with zero attached hydrogens (tertiary/aromatic N) is 5. The highest BCUT2D eigenvalue weighted by molar-refractivity contribution is 5.94. The molecule has 5 rings (SSSR count). The molecule has 0 saturated heterocycles. The predicted molar refractivity (Wildman–Crippen MR) is 123 cm³/mol. The molecule has 4 heterocycles. The first-order valence-corrected chi connectivity index (χ1v) is 11.6. The Morgan fingerprint density at radius 2 is 1.91 bits per heavy atom. The second-order valence-electron chi connectivity index (χ2n) is 9.17. The highest BCUT2D eigenvalue weighted by Gasteiger charge is 2.33. The van der Waals surface area contributed by atoms with Crippen molar-refractivity contribution >= 4 is 11.0 Å². The molecule has 0 aromatic carbocycles. The summed E-state index contributed by atoms with van der Waals surface area (Å²) in [7, 11) is 0. The molecule has 0 unspecified atom stereocenters. The van der Waals surface area contributed by atoms with Crippen LogP contribution >= 0.6 is 0 Å². The van der Waals surface area contributed by atoms with Crippen LogP contribution in [0, 0.1) is 13.8 Å². The molecule has 4 aromatic rings. The number of hydrogen-bond acceptors (Lipinski definition) is 4. The third-order valence-electron chi connectivity index (χ3n) is 6.64. The van der Waals surface area contributed by atoms with Gasteiger partial charge in [0, 0.05) is 47.4 Å². The van der Waals surface area contributed by atoms with E-state index in [1.165, 1.54) is 0 Å². The van der Waals surface area contributed by atoms with Crippen LogP contribution in [0.15, 0.2) is 35.4 Å². The van der Waals surface area contributed by atoms with Gasteiger partial charge in [-0.3, -0.25) is 9.67 Å². The monoisotopic (exact) mass is 435 g/mol. The Balaban J connectivity index is 1.64. The van der Waals surface area contributed by atoms with E-state index in [-0.39, 0.29) is 0 Å². The fourth-order valence-electron chi connectivity index (χ4n) is 5.04. The van der Waals surface area contributed by atoms with E-state index in [9.17, 15) is 0 Å². The topological polar surface area (TPSA) is 61.7 Å². The zero-order chi connectivity index (χ0) is 22.3. The van der Waals surface area contributed by atoms with E-state index in [0.29, 0.717) is 19.4 Å². The van der Waals surface area contributed by atoms with Crippen molar-refractivity contribution in [3.8, 4) is 22.3 Å². The molecule has 0 aliphatic heterocycles. The predicted octanol–water partition coefficient (Wildman–Crippen LogP) is 6.25. The van der Waals surface area contributed by atoms with Gasteiger partial charge < -0.3 is 9.09 Å². The zero-order valence-corrected chi connectivity index (χ0v) is 19.1. The summed E-state index contributed by atoms with van der Waals surface area (Å²) in [5.74, 6) is 0.761. The normalized spacial score (nSPS) is 16.1. The lowest BCUT2D eigenvalue weighted by molar-refractivity contribution is 0.0873. The molecular weight excluding hydrogens is 405 g/mol. The van der Waals surface area contributed by atoms with Crippen LogP contribution in [0.1, 0.15) is 56.9 Å². The average molecular weight is 436 g/mol. The largest absolute Gasteiger partial charge is 0.361 e. The van der Waals surface area contributed by atoms with Gasteiger partial charge in [-0.15, -0.1) is 0 Å². The van der Waals surface area contributed by atoms with Gasteiger partial charge in [-0.1, -0.05) is 31.3 Å². The van der Waals surface area contributed by atoms with E-state index in [4.69, 9.17) is 9.51 Å². The fourth-order valence-corrected chi connectivity index (χ4v) is 5.04. The van der Waals surface area contributed by atoms with E-state index in [0.717, 1.165) is 77.0 Å². The van der Waals surface area contributed by atoms with Gasteiger partial charge in [0.2, 0.25) is 0 Å². The van der Waals surface area contributed by atoms with Gasteiger partial charge in [0.15, 0.2) is 0 Å². The molecule has 7 heteroatoms. The van der Waals surface area contributed by atoms with E-state index < -0.39 is 5.67 Å². The maximum Gasteiger partial charge on any atom is 0.141 e. The maximum atomic E-state index is 15.7. The Morgan fingerprint density at radius 3 is 2.62 bits per heavy atom. The van der Waals surface area contributed by atoms with Gasteiger partial charge in [-0.25, -0.2) is 4.39 Å². The van der Waals surface area contributed by atoms with Gasteiger partial charge in [0.05, 0.1) is 29.5 Å². The van der Waals surface area contributed by atoms with E-state index >= 15 is 4.39 Å². The third kappa shape index (κ3) is 3.74. The van der Waals surface area contributed by atoms with Crippen molar-refractivity contribution in [2.24, 2.45) is 0 Å². The van der Waals surface area contributed by atoms with E-state index in [2.05, 4.69) is 40.2 Å². The molecule has 1 aliphatic rings. The molecule has 0 N–H and O–H groups in total. The van der Waals surface area contributed by atoms with Gasteiger partial charge in [-0.2, -0.15) is 5.10 Å². The highest BCUT2D eigenvalue weighted by Crippen LogP contribution is 2.38. The molecule has 4 aromatic heterocycles. The summed E-state index contributed by atoms with van der Waals surface area (Å²) in [5.41, 5.74) is 5.36. The van der Waals surface area contributed by atoms with Crippen LogP contribution in [0.25, 0.3) is 33.3 Å². The van der Waals surface area contributed by atoms with Crippen LogP contribution in [0.5, 0.6) is 0 Å². The van der Waals surface area contributed by atoms with Crippen LogP contribution in [-0.4, -0.2) is 30.2 Å². The Bertz CT molecular complexity index is 1230. The van der Waals surface area contributed by atoms with Gasteiger partial charge in [0.1, 0.15) is 11.4 Å². The average Bonchev–Trinajstić information content (AvgIpc) is 3.46. The maximum absolute atomic E-state index is 15.7. The molecule has 0 radical (unpaired) electrons. The third-order valence-corrected chi connectivity index (χ3v) is 6.64. The minimum Gasteiger partial charge on any atom is -0.361 e. The molecule has 0 atom stereocenters. The molecular formula is C25H30FN5O. The van der Waals surface area contributed by atoms with Gasteiger partial charge in [-0.05, 0) is 39.2 Å². The lowest BCUT2D eigenvalue weighted by atomic mass is 9.86. The smallest absolute Gasteiger partial charge is 0.141 e. The number of halogens is 1. The first-order valence-electron chi connectivity index (χ1n) is 11.6. The van der Waals surface area contributed by atoms with Gasteiger partial charge >= 0.3 is 0 Å². The molecule has 1 fully saturated rings. The summed E-state index contributed by atoms with van der Waals surface area (Å²) in [6.45, 7) is 7.19. The van der Waals surface area contributed by atoms with Crippen molar-refractivity contribution in [2.45, 2.75) is 78.1 Å². The summed E-state index contributed by atoms with van der Waals surface area (Å²) in [5, 5.41) is 8.59. The lowest BCUT2D eigenvalue weighted by Crippen LogP contribution is -2.31. The number of fused-ring (bicyclic) bond motifs is 1. The SMILES string of the molecule is CCCn1cc(-c2cn(CC3(F)CCCCC3)c3cc(-c4c(C)noc4C)cnc23)cn1. The van der Waals surface area contributed by atoms with Crippen LogP contribution in [0.4, 0.5) is 4.39 Å². The van der Waals surface area contributed by atoms with Crippen LogP contribution in [0.2, 0.25) is 0 Å². The summed E-state index contributed by atoms with van der Waals surface area (Å²) in [4.78, 5) is 4.84. The van der Waals surface area contributed by atoms with Crippen LogP contribution in [0.3, 0.4) is 0 Å². The van der Waals surface area contributed by atoms with Gasteiger partial charge in [0.25, 0.3) is 0 Å². The minimum absolute atomic E-state index is 0.347. The second kappa shape index (κ2) is 8.19. The Morgan fingerprint density at radius 1 is 1.09 bits per heavy atom. The van der Waals surface area contributed by atoms with Crippen LogP contribution in [-0.2, 0) is 13.1 Å². The molecule has 0 amide bonds. The molecule has 32 heavy (non-hydrogen) atoms. The Labute approximate surface area is 187 Å². The summed E-state index contributed by atoms with van der Waals surface area (Å²) in [6.07, 6.45) is 13.1. The summed E-state index contributed by atoms with van der Waals surface area (Å²) in [6, 6.07) is 2.10. The van der Waals surface area contributed by atoms with Crippen molar-refractivity contribution < 1.29 is 8.91 Å². The molecule has 0 bridgehead atoms. The minimum atomic E-state index is -1.17. The second-order valence-corrected chi connectivity index (χ2v) is 9.17. The molecule has 6 nitrogen and oxygen atoms in total. The Hall–Kier alpha value is -2.96. The van der Waals surface area contributed by atoms with E-state index in [1.54, 1.807) is 0 Å². The molecule has 1 saturated carbocycles. The molecule has 1 aliphatic carbocycles. The zero-order valence-electron chi connectivity index (χ0n) is 19.1. The first-order chi connectivity index (χ1) is 15.5. The number of hydrogen-bond donors (Lipinski definition) is 0. The summed E-state index contributed by atoms with van der Waals surface area (Å²) >= 11 is 0. The lowest BCUT2D eigenvalue weighted by Gasteiger charge is -2.30. The van der Waals surface area contributed by atoms with Crippen molar-refractivity contribution in [3.63, 3.8) is 0 Å². The van der Waals surface area contributed by atoms with E-state index in [1.807, 2.05) is 30.9 Å². The van der Waals surface area contributed by atoms with Crippen molar-refractivity contribution in [1.82, 2.24) is 24.5 Å². The van der Waals surface area contributed by atoms with Crippen molar-refractivity contribution in [1.29, 1.82) is 0 Å².